The summed E-state index contributed by atoms with van der Waals surface area (Å²) in [4.78, 5) is 14.1. The van der Waals surface area contributed by atoms with Crippen molar-refractivity contribution in [3.05, 3.63) is 53.2 Å². The number of hydrogen-bond acceptors (Lipinski definition) is 4. The van der Waals surface area contributed by atoms with E-state index in [4.69, 9.17) is 9.26 Å². The average Bonchev–Trinajstić information content (AvgIpc) is 3.25. The Hall–Kier alpha value is -2.41. The summed E-state index contributed by atoms with van der Waals surface area (Å²) in [5.74, 6) is 0.395. The first-order valence-electron chi connectivity index (χ1n) is 8.34. The van der Waals surface area contributed by atoms with Crippen LogP contribution in [0.1, 0.15) is 35.9 Å². The molecule has 2 aromatic rings. The molecule has 1 aromatic carbocycles. The van der Waals surface area contributed by atoms with Gasteiger partial charge in [0.15, 0.2) is 0 Å². The molecule has 1 aliphatic heterocycles. The van der Waals surface area contributed by atoms with Crippen LogP contribution in [0.4, 0.5) is 9.18 Å². The van der Waals surface area contributed by atoms with E-state index in [1.54, 1.807) is 32.2 Å². The maximum atomic E-state index is 13.2. The van der Waals surface area contributed by atoms with Gasteiger partial charge in [0.2, 0.25) is 0 Å². The second-order valence-corrected chi connectivity index (χ2v) is 6.32. The van der Waals surface area contributed by atoms with Gasteiger partial charge < -0.3 is 19.5 Å². The molecule has 134 valence electrons. The Morgan fingerprint density at radius 2 is 2.20 bits per heavy atom. The Kier molecular flexibility index (Phi) is 5.33. The van der Waals surface area contributed by atoms with Crippen molar-refractivity contribution >= 4 is 6.03 Å². The highest BCUT2D eigenvalue weighted by atomic mass is 19.1. The Labute approximate surface area is 145 Å². The first-order chi connectivity index (χ1) is 12.0. The lowest BCUT2D eigenvalue weighted by Crippen LogP contribution is -2.42. The summed E-state index contributed by atoms with van der Waals surface area (Å²) >= 11 is 0. The van der Waals surface area contributed by atoms with E-state index < -0.39 is 0 Å². The highest BCUT2D eigenvalue weighted by Crippen LogP contribution is 2.27. The minimum atomic E-state index is -0.322. The molecule has 1 aliphatic rings. The highest BCUT2D eigenvalue weighted by Gasteiger charge is 2.29. The smallest absolute Gasteiger partial charge is 0.318 e. The van der Waals surface area contributed by atoms with Gasteiger partial charge in [0.1, 0.15) is 17.3 Å². The van der Waals surface area contributed by atoms with Crippen LogP contribution in [0.2, 0.25) is 0 Å². The van der Waals surface area contributed by atoms with Gasteiger partial charge in [-0.3, -0.25) is 0 Å². The highest BCUT2D eigenvalue weighted by molar-refractivity contribution is 5.74. The number of benzene rings is 1. The fourth-order valence-corrected chi connectivity index (χ4v) is 2.98. The van der Waals surface area contributed by atoms with Crippen molar-refractivity contribution in [2.45, 2.75) is 38.5 Å². The molecule has 0 radical (unpaired) electrons. The van der Waals surface area contributed by atoms with E-state index in [-0.39, 0.29) is 24.0 Å². The molecular formula is C18H22FN3O3. The minimum absolute atomic E-state index is 0.114. The number of halogens is 1. The molecule has 2 heterocycles. The zero-order valence-corrected chi connectivity index (χ0v) is 14.4. The lowest BCUT2D eigenvalue weighted by Gasteiger charge is -2.27. The molecule has 1 N–H and O–H groups in total. The largest absolute Gasteiger partial charge is 0.376 e. The lowest BCUT2D eigenvalue weighted by atomic mass is 9.99. The van der Waals surface area contributed by atoms with Crippen molar-refractivity contribution in [3.8, 4) is 0 Å². The van der Waals surface area contributed by atoms with E-state index in [2.05, 4.69) is 10.5 Å². The molecule has 0 bridgehead atoms. The van der Waals surface area contributed by atoms with Crippen molar-refractivity contribution in [3.63, 3.8) is 0 Å². The monoisotopic (exact) mass is 347 g/mol. The zero-order valence-electron chi connectivity index (χ0n) is 14.4. The molecule has 0 unspecified atom stereocenters. The first kappa shape index (κ1) is 17.4. The third kappa shape index (κ3) is 4.36. The molecule has 0 saturated carbocycles. The Balaban J connectivity index is 1.70. The van der Waals surface area contributed by atoms with Crippen LogP contribution in [0.25, 0.3) is 0 Å². The summed E-state index contributed by atoms with van der Waals surface area (Å²) in [6.07, 6.45) is 1.69. The molecule has 3 rings (SSSR count). The number of hydrogen-bond donors (Lipinski definition) is 1. The molecule has 7 heteroatoms. The van der Waals surface area contributed by atoms with Crippen molar-refractivity contribution in [2.24, 2.45) is 0 Å². The Morgan fingerprint density at radius 1 is 1.44 bits per heavy atom. The van der Waals surface area contributed by atoms with Crippen LogP contribution < -0.4 is 5.32 Å². The fraction of sp³-hybridized carbons (Fsp3) is 0.444. The standard InChI is InChI=1S/C18H22FN3O3/c1-12-10-15(21-25-12)11-22(2)18(23)20-17(16-4-3-9-24-16)13-5-7-14(19)8-6-13/h5-8,10,16-17H,3-4,9,11H2,1-2H3,(H,20,23)/t16-,17+/m0/s1. The Bertz CT molecular complexity index is 711. The number of carbonyl (C=O) groups is 1. The van der Waals surface area contributed by atoms with Crippen molar-refractivity contribution in [1.82, 2.24) is 15.4 Å². The molecule has 0 aliphatic carbocycles. The summed E-state index contributed by atoms with van der Waals surface area (Å²) in [5.41, 5.74) is 1.51. The SMILES string of the molecule is Cc1cc(CN(C)C(=O)N[C@H](c2ccc(F)cc2)[C@@H]2CCCO2)no1. The van der Waals surface area contributed by atoms with Gasteiger partial charge in [-0.15, -0.1) is 0 Å². The number of urea groups is 1. The predicted octanol–water partition coefficient (Wildman–Crippen LogP) is 3.18. The molecule has 25 heavy (non-hydrogen) atoms. The molecule has 0 spiro atoms. The maximum absolute atomic E-state index is 13.2. The van der Waals surface area contributed by atoms with Gasteiger partial charge in [0.25, 0.3) is 0 Å². The zero-order chi connectivity index (χ0) is 17.8. The number of aryl methyl sites for hydroxylation is 1. The van der Waals surface area contributed by atoms with Gasteiger partial charge >= 0.3 is 6.03 Å². The summed E-state index contributed by atoms with van der Waals surface area (Å²) in [5, 5.41) is 6.90. The molecule has 1 aromatic heterocycles. The topological polar surface area (TPSA) is 67.6 Å². The van der Waals surface area contributed by atoms with E-state index >= 15 is 0 Å². The van der Waals surface area contributed by atoms with Crippen LogP contribution in [0, 0.1) is 12.7 Å². The molecule has 2 amide bonds. The van der Waals surface area contributed by atoms with Gasteiger partial charge in [0, 0.05) is 19.7 Å². The summed E-state index contributed by atoms with van der Waals surface area (Å²) in [7, 11) is 1.69. The van der Waals surface area contributed by atoms with Gasteiger partial charge in [-0.25, -0.2) is 9.18 Å². The number of carbonyl (C=O) groups excluding carboxylic acids is 1. The number of nitrogens with zero attached hydrogens (tertiary/aromatic N) is 2. The first-order valence-corrected chi connectivity index (χ1v) is 8.34. The molecule has 2 atom stereocenters. The van der Waals surface area contributed by atoms with Gasteiger partial charge in [-0.1, -0.05) is 17.3 Å². The summed E-state index contributed by atoms with van der Waals surface area (Å²) in [6.45, 7) is 2.82. The van der Waals surface area contributed by atoms with Crippen LogP contribution in [0.3, 0.4) is 0 Å². The van der Waals surface area contributed by atoms with E-state index in [9.17, 15) is 9.18 Å². The van der Waals surface area contributed by atoms with Crippen molar-refractivity contribution in [1.29, 1.82) is 0 Å². The van der Waals surface area contributed by atoms with Gasteiger partial charge in [-0.05, 0) is 37.5 Å². The molecule has 1 fully saturated rings. The van der Waals surface area contributed by atoms with Crippen LogP contribution in [-0.4, -0.2) is 35.8 Å². The van der Waals surface area contributed by atoms with E-state index in [0.717, 1.165) is 18.4 Å². The van der Waals surface area contributed by atoms with Crippen molar-refractivity contribution < 1.29 is 18.4 Å². The maximum Gasteiger partial charge on any atom is 0.318 e. The molecular weight excluding hydrogens is 325 g/mol. The number of amides is 2. The summed E-state index contributed by atoms with van der Waals surface area (Å²) < 4.78 is 24.0. The number of ether oxygens (including phenoxy) is 1. The minimum Gasteiger partial charge on any atom is -0.376 e. The van der Waals surface area contributed by atoms with E-state index in [1.807, 2.05) is 0 Å². The molecule has 6 nitrogen and oxygen atoms in total. The lowest BCUT2D eigenvalue weighted by molar-refractivity contribution is 0.0784. The van der Waals surface area contributed by atoms with Crippen LogP contribution in [0.15, 0.2) is 34.9 Å². The quantitative estimate of drug-likeness (QED) is 0.902. The number of rotatable bonds is 5. The van der Waals surface area contributed by atoms with Gasteiger partial charge in [-0.2, -0.15) is 0 Å². The Morgan fingerprint density at radius 3 is 2.80 bits per heavy atom. The normalized spacial score (nSPS) is 18.1. The van der Waals surface area contributed by atoms with E-state index in [1.165, 1.54) is 17.0 Å². The second kappa shape index (κ2) is 7.65. The third-order valence-corrected chi connectivity index (χ3v) is 4.27. The van der Waals surface area contributed by atoms with Crippen LogP contribution >= 0.6 is 0 Å². The van der Waals surface area contributed by atoms with Crippen molar-refractivity contribution in [2.75, 3.05) is 13.7 Å². The van der Waals surface area contributed by atoms with Gasteiger partial charge in [0.05, 0.1) is 18.7 Å². The third-order valence-electron chi connectivity index (χ3n) is 4.27. The fourth-order valence-electron chi connectivity index (χ4n) is 2.98. The number of aromatic nitrogens is 1. The average molecular weight is 347 g/mol. The predicted molar refractivity (Wildman–Crippen MR) is 89.4 cm³/mol. The van der Waals surface area contributed by atoms with E-state index in [0.29, 0.717) is 24.6 Å². The summed E-state index contributed by atoms with van der Waals surface area (Å²) in [6, 6.07) is 7.38. The van der Waals surface area contributed by atoms with Crippen LogP contribution in [0.5, 0.6) is 0 Å². The second-order valence-electron chi connectivity index (χ2n) is 6.32. The van der Waals surface area contributed by atoms with Crippen LogP contribution in [-0.2, 0) is 11.3 Å². The number of nitrogens with one attached hydrogen (secondary N) is 1. The molecule has 1 saturated heterocycles.